The number of nitrogens with one attached hydrogen (secondary N) is 2. The Morgan fingerprint density at radius 3 is 2.86 bits per heavy atom. The molecule has 1 aliphatic rings. The standard InChI is InChI=1S/C16H22N2O3/c1-11-8-13(16(20)21-2)5-6-14(11)18-15(19)9-12-4-3-7-17-10-12/h5-6,8,12,17H,3-4,7,9-10H2,1-2H3,(H,18,19). The predicted octanol–water partition coefficient (Wildman–Crippen LogP) is 2.11. The molecule has 0 bridgehead atoms. The van der Waals surface area contributed by atoms with Crippen LogP contribution in [-0.2, 0) is 9.53 Å². The van der Waals surface area contributed by atoms with Crippen LogP contribution in [0.4, 0.5) is 5.69 Å². The van der Waals surface area contributed by atoms with Gasteiger partial charge in [0.25, 0.3) is 0 Å². The van der Waals surface area contributed by atoms with E-state index in [4.69, 9.17) is 0 Å². The van der Waals surface area contributed by atoms with Crippen LogP contribution < -0.4 is 10.6 Å². The van der Waals surface area contributed by atoms with Crippen LogP contribution in [0.2, 0.25) is 0 Å². The Bertz CT molecular complexity index is 522. The van der Waals surface area contributed by atoms with Crippen LogP contribution >= 0.6 is 0 Å². The maximum Gasteiger partial charge on any atom is 0.337 e. The molecule has 1 saturated heterocycles. The third-order valence-electron chi connectivity index (χ3n) is 3.79. The Labute approximate surface area is 125 Å². The fourth-order valence-corrected chi connectivity index (χ4v) is 2.61. The van der Waals surface area contributed by atoms with E-state index in [1.807, 2.05) is 6.92 Å². The summed E-state index contributed by atoms with van der Waals surface area (Å²) >= 11 is 0. The molecule has 1 aromatic rings. The van der Waals surface area contributed by atoms with Crippen LogP contribution in [0, 0.1) is 12.8 Å². The molecule has 2 N–H and O–H groups in total. The molecular weight excluding hydrogens is 268 g/mol. The summed E-state index contributed by atoms with van der Waals surface area (Å²) in [5.74, 6) is 0.0651. The number of carbonyl (C=O) groups excluding carboxylic acids is 2. The van der Waals surface area contributed by atoms with Gasteiger partial charge in [0.2, 0.25) is 5.91 Å². The lowest BCUT2D eigenvalue weighted by Gasteiger charge is -2.22. The SMILES string of the molecule is COC(=O)c1ccc(NC(=O)CC2CCCNC2)c(C)c1. The molecule has 114 valence electrons. The highest BCUT2D eigenvalue weighted by Gasteiger charge is 2.17. The van der Waals surface area contributed by atoms with E-state index in [1.165, 1.54) is 7.11 Å². The van der Waals surface area contributed by atoms with Crippen molar-refractivity contribution in [2.45, 2.75) is 26.2 Å². The van der Waals surface area contributed by atoms with E-state index in [0.717, 1.165) is 37.2 Å². The van der Waals surface area contributed by atoms with Gasteiger partial charge in [-0.25, -0.2) is 4.79 Å². The zero-order chi connectivity index (χ0) is 15.2. The summed E-state index contributed by atoms with van der Waals surface area (Å²) in [7, 11) is 1.35. The first-order valence-corrected chi connectivity index (χ1v) is 7.29. The molecule has 1 atom stereocenters. The number of hydrogen-bond donors (Lipinski definition) is 2. The number of benzene rings is 1. The molecule has 1 heterocycles. The van der Waals surface area contributed by atoms with Gasteiger partial charge < -0.3 is 15.4 Å². The Morgan fingerprint density at radius 2 is 2.24 bits per heavy atom. The lowest BCUT2D eigenvalue weighted by atomic mass is 9.96. The van der Waals surface area contributed by atoms with Crippen LogP contribution in [0.1, 0.15) is 35.2 Å². The van der Waals surface area contributed by atoms with Crippen molar-refractivity contribution in [1.82, 2.24) is 5.32 Å². The smallest absolute Gasteiger partial charge is 0.337 e. The fraction of sp³-hybridized carbons (Fsp3) is 0.500. The van der Waals surface area contributed by atoms with Gasteiger partial charge in [0.15, 0.2) is 0 Å². The van der Waals surface area contributed by atoms with Gasteiger partial charge in [0.05, 0.1) is 12.7 Å². The molecule has 0 radical (unpaired) electrons. The molecule has 1 unspecified atom stereocenters. The van der Waals surface area contributed by atoms with Gasteiger partial charge in [-0.2, -0.15) is 0 Å². The number of methoxy groups -OCH3 is 1. The van der Waals surface area contributed by atoms with Crippen molar-refractivity contribution in [2.24, 2.45) is 5.92 Å². The maximum absolute atomic E-state index is 12.1. The van der Waals surface area contributed by atoms with Crippen molar-refractivity contribution in [3.63, 3.8) is 0 Å². The van der Waals surface area contributed by atoms with E-state index < -0.39 is 0 Å². The Kier molecular flexibility index (Phi) is 5.33. The number of esters is 1. The number of carbonyl (C=O) groups is 2. The van der Waals surface area contributed by atoms with Crippen molar-refractivity contribution in [2.75, 3.05) is 25.5 Å². The van der Waals surface area contributed by atoms with E-state index >= 15 is 0 Å². The molecular formula is C16H22N2O3. The quantitative estimate of drug-likeness (QED) is 0.833. The number of ether oxygens (including phenoxy) is 1. The lowest BCUT2D eigenvalue weighted by Crippen LogP contribution is -2.32. The van der Waals surface area contributed by atoms with E-state index in [9.17, 15) is 9.59 Å². The van der Waals surface area contributed by atoms with Gasteiger partial charge in [-0.15, -0.1) is 0 Å². The average Bonchev–Trinajstić information content (AvgIpc) is 2.49. The third kappa shape index (κ3) is 4.29. The zero-order valence-corrected chi connectivity index (χ0v) is 12.6. The molecule has 1 aliphatic heterocycles. The topological polar surface area (TPSA) is 67.4 Å². The van der Waals surface area contributed by atoms with Crippen molar-refractivity contribution in [3.8, 4) is 0 Å². The Morgan fingerprint density at radius 1 is 1.43 bits per heavy atom. The lowest BCUT2D eigenvalue weighted by molar-refractivity contribution is -0.117. The Balaban J connectivity index is 1.95. The molecule has 5 nitrogen and oxygen atoms in total. The molecule has 1 amide bonds. The molecule has 0 aliphatic carbocycles. The van der Waals surface area contributed by atoms with Gasteiger partial charge in [-0.1, -0.05) is 0 Å². The molecule has 0 aromatic heterocycles. The summed E-state index contributed by atoms with van der Waals surface area (Å²) in [4.78, 5) is 23.5. The van der Waals surface area contributed by atoms with Gasteiger partial charge in [-0.05, 0) is 62.5 Å². The van der Waals surface area contributed by atoms with Crippen molar-refractivity contribution in [1.29, 1.82) is 0 Å². The fourth-order valence-electron chi connectivity index (χ4n) is 2.61. The summed E-state index contributed by atoms with van der Waals surface area (Å²) in [6.07, 6.45) is 2.76. The second kappa shape index (κ2) is 7.22. The molecule has 2 rings (SSSR count). The van der Waals surface area contributed by atoms with Crippen molar-refractivity contribution in [3.05, 3.63) is 29.3 Å². The molecule has 5 heteroatoms. The molecule has 0 saturated carbocycles. The van der Waals surface area contributed by atoms with Crippen molar-refractivity contribution >= 4 is 17.6 Å². The third-order valence-corrected chi connectivity index (χ3v) is 3.79. The first kappa shape index (κ1) is 15.5. The molecule has 1 aromatic carbocycles. The summed E-state index contributed by atoms with van der Waals surface area (Å²) in [6, 6.07) is 5.14. The van der Waals surface area contributed by atoms with Crippen LogP contribution in [0.3, 0.4) is 0 Å². The summed E-state index contributed by atoms with van der Waals surface area (Å²) in [5.41, 5.74) is 2.09. The average molecular weight is 290 g/mol. The normalized spacial score (nSPS) is 18.1. The highest BCUT2D eigenvalue weighted by molar-refractivity contribution is 5.94. The Hall–Kier alpha value is -1.88. The molecule has 0 spiro atoms. The molecule has 21 heavy (non-hydrogen) atoms. The number of anilines is 1. The minimum Gasteiger partial charge on any atom is -0.465 e. The van der Waals surface area contributed by atoms with Crippen LogP contribution in [-0.4, -0.2) is 32.1 Å². The zero-order valence-electron chi connectivity index (χ0n) is 12.6. The van der Waals surface area contributed by atoms with E-state index in [2.05, 4.69) is 15.4 Å². The largest absolute Gasteiger partial charge is 0.465 e. The van der Waals surface area contributed by atoms with Crippen LogP contribution in [0.15, 0.2) is 18.2 Å². The minimum atomic E-state index is -0.371. The number of hydrogen-bond acceptors (Lipinski definition) is 4. The number of rotatable bonds is 4. The van der Waals surface area contributed by atoms with E-state index in [0.29, 0.717) is 17.9 Å². The first-order valence-electron chi connectivity index (χ1n) is 7.29. The summed E-state index contributed by atoms with van der Waals surface area (Å²) < 4.78 is 4.68. The monoisotopic (exact) mass is 290 g/mol. The van der Waals surface area contributed by atoms with E-state index in [-0.39, 0.29) is 11.9 Å². The summed E-state index contributed by atoms with van der Waals surface area (Å²) in [6.45, 7) is 3.82. The molecule has 1 fully saturated rings. The second-order valence-electron chi connectivity index (χ2n) is 5.49. The van der Waals surface area contributed by atoms with E-state index in [1.54, 1.807) is 18.2 Å². The van der Waals surface area contributed by atoms with Crippen molar-refractivity contribution < 1.29 is 14.3 Å². The van der Waals surface area contributed by atoms with Gasteiger partial charge in [-0.3, -0.25) is 4.79 Å². The van der Waals surface area contributed by atoms with Gasteiger partial charge in [0.1, 0.15) is 0 Å². The number of aryl methyl sites for hydroxylation is 1. The highest BCUT2D eigenvalue weighted by atomic mass is 16.5. The first-order chi connectivity index (χ1) is 10.1. The van der Waals surface area contributed by atoms with Gasteiger partial charge in [0, 0.05) is 12.1 Å². The number of amides is 1. The predicted molar refractivity (Wildman–Crippen MR) is 81.4 cm³/mol. The minimum absolute atomic E-state index is 0.0256. The maximum atomic E-state index is 12.1. The number of piperidine rings is 1. The van der Waals surface area contributed by atoms with Crippen LogP contribution in [0.5, 0.6) is 0 Å². The second-order valence-corrected chi connectivity index (χ2v) is 5.49. The van der Waals surface area contributed by atoms with Crippen LogP contribution in [0.25, 0.3) is 0 Å². The summed E-state index contributed by atoms with van der Waals surface area (Å²) in [5, 5.41) is 6.23. The highest BCUT2D eigenvalue weighted by Crippen LogP contribution is 2.19. The van der Waals surface area contributed by atoms with Gasteiger partial charge >= 0.3 is 5.97 Å².